The van der Waals surface area contributed by atoms with Crippen molar-refractivity contribution in [1.82, 2.24) is 0 Å². The van der Waals surface area contributed by atoms with Gasteiger partial charge in [-0.15, -0.1) is 0 Å². The second-order valence-electron chi connectivity index (χ2n) is 4.30. The van der Waals surface area contributed by atoms with Crippen LogP contribution in [0.5, 0.6) is 0 Å². The third-order valence-electron chi connectivity index (χ3n) is 2.73. The lowest BCUT2D eigenvalue weighted by atomic mass is 10.1. The van der Waals surface area contributed by atoms with E-state index in [9.17, 15) is 8.78 Å². The van der Waals surface area contributed by atoms with Crippen LogP contribution in [-0.4, -0.2) is 0 Å². The fraction of sp³-hybridized carbons (Fsp3) is 0.143. The van der Waals surface area contributed by atoms with Crippen LogP contribution in [0.25, 0.3) is 0 Å². The van der Waals surface area contributed by atoms with E-state index in [4.69, 9.17) is 5.73 Å². The van der Waals surface area contributed by atoms with Crippen LogP contribution in [0.1, 0.15) is 11.1 Å². The van der Waals surface area contributed by atoms with Gasteiger partial charge in [-0.25, -0.2) is 8.78 Å². The van der Waals surface area contributed by atoms with E-state index in [1.54, 1.807) is 12.1 Å². The predicted molar refractivity (Wildman–Crippen MR) is 70.0 cm³/mol. The quantitative estimate of drug-likeness (QED) is 0.791. The fourth-order valence-corrected chi connectivity index (χ4v) is 1.67. The number of anilines is 3. The zero-order valence-electron chi connectivity index (χ0n) is 10.2. The molecule has 3 N–H and O–H groups in total. The number of nitrogen functional groups attached to an aromatic ring is 1. The Morgan fingerprint density at radius 2 is 1.67 bits per heavy atom. The predicted octanol–water partition coefficient (Wildman–Crippen LogP) is 3.91. The van der Waals surface area contributed by atoms with Gasteiger partial charge in [0, 0.05) is 6.07 Å². The Bertz CT molecular complexity index is 595. The number of nitrogens with two attached hydrogens (primary N) is 1. The highest BCUT2D eigenvalue weighted by atomic mass is 19.1. The largest absolute Gasteiger partial charge is 0.397 e. The first kappa shape index (κ1) is 12.4. The fourth-order valence-electron chi connectivity index (χ4n) is 1.67. The van der Waals surface area contributed by atoms with Gasteiger partial charge in [-0.1, -0.05) is 6.07 Å². The van der Waals surface area contributed by atoms with Gasteiger partial charge >= 0.3 is 0 Å². The third kappa shape index (κ3) is 2.42. The molecule has 18 heavy (non-hydrogen) atoms. The van der Waals surface area contributed by atoms with Gasteiger partial charge in [0.05, 0.1) is 17.1 Å². The summed E-state index contributed by atoms with van der Waals surface area (Å²) in [6, 6.07) is 7.65. The molecule has 0 spiro atoms. The minimum absolute atomic E-state index is 0.0791. The van der Waals surface area contributed by atoms with Crippen LogP contribution < -0.4 is 11.1 Å². The molecule has 0 aliphatic carbocycles. The molecule has 2 aromatic carbocycles. The highest BCUT2D eigenvalue weighted by Crippen LogP contribution is 2.27. The molecule has 2 aromatic rings. The normalized spacial score (nSPS) is 10.4. The first-order valence-corrected chi connectivity index (χ1v) is 5.56. The van der Waals surface area contributed by atoms with E-state index < -0.39 is 11.6 Å². The molecule has 0 heterocycles. The highest BCUT2D eigenvalue weighted by Gasteiger charge is 2.08. The topological polar surface area (TPSA) is 38.0 Å². The lowest BCUT2D eigenvalue weighted by Gasteiger charge is -2.12. The molecule has 0 atom stereocenters. The molecule has 0 saturated carbocycles. The monoisotopic (exact) mass is 248 g/mol. The number of rotatable bonds is 2. The summed E-state index contributed by atoms with van der Waals surface area (Å²) >= 11 is 0. The summed E-state index contributed by atoms with van der Waals surface area (Å²) in [6.07, 6.45) is 0. The summed E-state index contributed by atoms with van der Waals surface area (Å²) in [5, 5.41) is 2.81. The Morgan fingerprint density at radius 3 is 2.39 bits per heavy atom. The maximum atomic E-state index is 13.7. The lowest BCUT2D eigenvalue weighted by molar-refractivity contribution is 0.595. The minimum atomic E-state index is -0.505. The van der Waals surface area contributed by atoms with E-state index >= 15 is 0 Å². The molecule has 0 aliphatic heterocycles. The van der Waals surface area contributed by atoms with Crippen LogP contribution in [0.3, 0.4) is 0 Å². The standard InChI is InChI=1S/C14H14F2N2/c1-8-3-4-12(17)14(5-8)18-13-7-10(15)9(2)6-11(13)16/h3-7,18H,17H2,1-2H3. The number of halogens is 2. The number of benzene rings is 2. The minimum Gasteiger partial charge on any atom is -0.397 e. The number of aryl methyl sites for hydroxylation is 2. The van der Waals surface area contributed by atoms with Gasteiger partial charge < -0.3 is 11.1 Å². The van der Waals surface area contributed by atoms with Gasteiger partial charge in [0.15, 0.2) is 0 Å². The number of hydrogen-bond donors (Lipinski definition) is 2. The summed E-state index contributed by atoms with van der Waals surface area (Å²) < 4.78 is 27.1. The third-order valence-corrected chi connectivity index (χ3v) is 2.73. The zero-order valence-corrected chi connectivity index (χ0v) is 10.2. The van der Waals surface area contributed by atoms with Gasteiger partial charge in [-0.3, -0.25) is 0 Å². The van der Waals surface area contributed by atoms with Crippen molar-refractivity contribution in [3.05, 3.63) is 53.1 Å². The van der Waals surface area contributed by atoms with Crippen molar-refractivity contribution in [3.8, 4) is 0 Å². The summed E-state index contributed by atoms with van der Waals surface area (Å²) in [7, 11) is 0. The van der Waals surface area contributed by atoms with Crippen LogP contribution >= 0.6 is 0 Å². The zero-order chi connectivity index (χ0) is 13.3. The maximum Gasteiger partial charge on any atom is 0.147 e. The Morgan fingerprint density at radius 1 is 0.944 bits per heavy atom. The van der Waals surface area contributed by atoms with Crippen LogP contribution in [0.4, 0.5) is 25.8 Å². The van der Waals surface area contributed by atoms with Crippen molar-refractivity contribution in [2.24, 2.45) is 0 Å². The highest BCUT2D eigenvalue weighted by molar-refractivity contribution is 5.73. The molecule has 0 radical (unpaired) electrons. The lowest BCUT2D eigenvalue weighted by Crippen LogP contribution is -2.00. The molecular weight excluding hydrogens is 234 g/mol. The van der Waals surface area contributed by atoms with Crippen molar-refractivity contribution >= 4 is 17.1 Å². The molecule has 0 amide bonds. The molecule has 0 unspecified atom stereocenters. The Balaban J connectivity index is 2.40. The summed E-state index contributed by atoms with van der Waals surface area (Å²) in [4.78, 5) is 0. The van der Waals surface area contributed by atoms with E-state index in [-0.39, 0.29) is 11.3 Å². The van der Waals surface area contributed by atoms with E-state index in [2.05, 4.69) is 5.32 Å². The van der Waals surface area contributed by atoms with Gasteiger partial charge in [0.2, 0.25) is 0 Å². The summed E-state index contributed by atoms with van der Waals surface area (Å²) in [6.45, 7) is 3.42. The molecule has 0 bridgehead atoms. The first-order valence-electron chi connectivity index (χ1n) is 5.56. The van der Waals surface area contributed by atoms with Crippen molar-refractivity contribution in [2.75, 3.05) is 11.1 Å². The molecule has 94 valence electrons. The molecule has 0 saturated heterocycles. The second kappa shape index (κ2) is 4.64. The average molecular weight is 248 g/mol. The second-order valence-corrected chi connectivity index (χ2v) is 4.30. The van der Waals surface area contributed by atoms with E-state index in [1.807, 2.05) is 13.0 Å². The van der Waals surface area contributed by atoms with Crippen molar-refractivity contribution < 1.29 is 8.78 Å². The van der Waals surface area contributed by atoms with E-state index in [1.165, 1.54) is 6.92 Å². The number of hydrogen-bond acceptors (Lipinski definition) is 2. The Labute approximate surface area is 104 Å². The number of nitrogens with one attached hydrogen (secondary N) is 1. The summed E-state index contributed by atoms with van der Waals surface area (Å²) in [5.74, 6) is -0.958. The van der Waals surface area contributed by atoms with Gasteiger partial charge in [0.25, 0.3) is 0 Å². The molecule has 0 aromatic heterocycles. The van der Waals surface area contributed by atoms with Crippen LogP contribution in [0.15, 0.2) is 30.3 Å². The van der Waals surface area contributed by atoms with Crippen LogP contribution in [-0.2, 0) is 0 Å². The van der Waals surface area contributed by atoms with Crippen LogP contribution in [0.2, 0.25) is 0 Å². The first-order chi connectivity index (χ1) is 8.47. The average Bonchev–Trinajstić information content (AvgIpc) is 2.30. The molecule has 2 nitrogen and oxygen atoms in total. The Kier molecular flexibility index (Phi) is 3.19. The van der Waals surface area contributed by atoms with Gasteiger partial charge in [-0.2, -0.15) is 0 Å². The van der Waals surface area contributed by atoms with E-state index in [0.717, 1.165) is 17.7 Å². The van der Waals surface area contributed by atoms with Crippen molar-refractivity contribution in [2.45, 2.75) is 13.8 Å². The molecular formula is C14H14F2N2. The van der Waals surface area contributed by atoms with E-state index in [0.29, 0.717) is 11.4 Å². The molecule has 0 aliphatic rings. The maximum absolute atomic E-state index is 13.7. The van der Waals surface area contributed by atoms with Crippen molar-refractivity contribution in [3.63, 3.8) is 0 Å². The molecule has 4 heteroatoms. The Hall–Kier alpha value is -2.10. The summed E-state index contributed by atoms with van der Waals surface area (Å²) in [5.41, 5.74) is 8.17. The van der Waals surface area contributed by atoms with Crippen molar-refractivity contribution in [1.29, 1.82) is 0 Å². The SMILES string of the molecule is Cc1ccc(N)c(Nc2cc(F)c(C)cc2F)c1. The molecule has 2 rings (SSSR count). The smallest absolute Gasteiger partial charge is 0.147 e. The van der Waals surface area contributed by atoms with Crippen LogP contribution in [0, 0.1) is 25.5 Å². The van der Waals surface area contributed by atoms with Gasteiger partial charge in [-0.05, 0) is 43.2 Å². The van der Waals surface area contributed by atoms with Gasteiger partial charge in [0.1, 0.15) is 11.6 Å². The molecule has 0 fully saturated rings.